The second-order valence-corrected chi connectivity index (χ2v) is 6.43. The molecule has 2 N–H and O–H groups in total. The summed E-state index contributed by atoms with van der Waals surface area (Å²) in [6, 6.07) is 5.38. The Hall–Kier alpha value is -1.55. The van der Waals surface area contributed by atoms with Crippen molar-refractivity contribution in [3.05, 3.63) is 23.8 Å². The smallest absolute Gasteiger partial charge is 0.244 e. The summed E-state index contributed by atoms with van der Waals surface area (Å²) in [5, 5.41) is 0. The van der Waals surface area contributed by atoms with Crippen LogP contribution in [0.4, 0.5) is 5.69 Å². The Labute approximate surface area is 120 Å². The van der Waals surface area contributed by atoms with Crippen molar-refractivity contribution >= 4 is 11.6 Å². The molecule has 0 fully saturated rings. The highest BCUT2D eigenvalue weighted by atomic mass is 16.5. The number of carbonyl (C=O) groups excluding carboxylic acids is 1. The van der Waals surface area contributed by atoms with Crippen LogP contribution in [-0.4, -0.2) is 25.6 Å². The van der Waals surface area contributed by atoms with E-state index in [1.54, 1.807) is 7.11 Å². The molecule has 0 bridgehead atoms. The number of nitrogens with two attached hydrogens (primary N) is 1. The molecule has 1 heterocycles. The number of amides is 1. The van der Waals surface area contributed by atoms with Crippen molar-refractivity contribution in [1.82, 2.24) is 0 Å². The summed E-state index contributed by atoms with van der Waals surface area (Å²) < 4.78 is 5.25. The molecule has 1 unspecified atom stereocenters. The minimum absolute atomic E-state index is 0.00335. The number of anilines is 1. The van der Waals surface area contributed by atoms with E-state index in [-0.39, 0.29) is 11.3 Å². The van der Waals surface area contributed by atoms with Crippen LogP contribution in [0.2, 0.25) is 0 Å². The van der Waals surface area contributed by atoms with Crippen LogP contribution in [0.15, 0.2) is 18.2 Å². The SMILES string of the molecule is COc1ccc2c(c1)CCCN2C(=O)C(N)C(C)(C)C. The molecule has 1 aromatic rings. The number of nitrogens with zero attached hydrogens (tertiary/aromatic N) is 1. The summed E-state index contributed by atoms with van der Waals surface area (Å²) in [7, 11) is 1.66. The van der Waals surface area contributed by atoms with Gasteiger partial charge in [-0.2, -0.15) is 0 Å². The summed E-state index contributed by atoms with van der Waals surface area (Å²) >= 11 is 0. The highest BCUT2D eigenvalue weighted by Gasteiger charge is 2.33. The molecule has 110 valence electrons. The Morgan fingerprint density at radius 2 is 2.10 bits per heavy atom. The van der Waals surface area contributed by atoms with Gasteiger partial charge in [0.25, 0.3) is 0 Å². The molecule has 1 aliphatic rings. The Kier molecular flexibility index (Phi) is 4.04. The molecule has 0 spiro atoms. The van der Waals surface area contributed by atoms with E-state index < -0.39 is 6.04 Å². The zero-order valence-electron chi connectivity index (χ0n) is 12.8. The van der Waals surface area contributed by atoms with Gasteiger partial charge in [-0.05, 0) is 42.0 Å². The maximum Gasteiger partial charge on any atom is 0.244 e. The molecule has 4 heteroatoms. The molecule has 0 saturated carbocycles. The van der Waals surface area contributed by atoms with Crippen LogP contribution in [-0.2, 0) is 11.2 Å². The van der Waals surface area contributed by atoms with Gasteiger partial charge in [-0.25, -0.2) is 0 Å². The molecule has 1 atom stereocenters. The molecule has 0 radical (unpaired) electrons. The summed E-state index contributed by atoms with van der Waals surface area (Å²) in [5.74, 6) is 0.835. The number of fused-ring (bicyclic) bond motifs is 1. The van der Waals surface area contributed by atoms with Gasteiger partial charge in [0.15, 0.2) is 0 Å². The van der Waals surface area contributed by atoms with Crippen LogP contribution < -0.4 is 15.4 Å². The van der Waals surface area contributed by atoms with Gasteiger partial charge in [0, 0.05) is 12.2 Å². The van der Waals surface area contributed by atoms with Crippen LogP contribution >= 0.6 is 0 Å². The fraction of sp³-hybridized carbons (Fsp3) is 0.562. The number of rotatable bonds is 2. The number of ether oxygens (including phenoxy) is 1. The third kappa shape index (κ3) is 2.80. The Morgan fingerprint density at radius 3 is 2.70 bits per heavy atom. The monoisotopic (exact) mass is 276 g/mol. The minimum Gasteiger partial charge on any atom is -0.497 e. The molecular formula is C16H24N2O2. The second kappa shape index (κ2) is 5.44. The first-order chi connectivity index (χ1) is 9.34. The van der Waals surface area contributed by atoms with E-state index >= 15 is 0 Å². The predicted octanol–water partition coefficient (Wildman–Crippen LogP) is 2.35. The first kappa shape index (κ1) is 14.9. The highest BCUT2D eigenvalue weighted by Crippen LogP contribution is 2.32. The molecule has 20 heavy (non-hydrogen) atoms. The maximum absolute atomic E-state index is 12.6. The van der Waals surface area contributed by atoms with E-state index in [0.717, 1.165) is 36.4 Å². The average molecular weight is 276 g/mol. The summed E-state index contributed by atoms with van der Waals surface area (Å²) in [6.07, 6.45) is 1.93. The first-order valence-electron chi connectivity index (χ1n) is 7.08. The van der Waals surface area contributed by atoms with E-state index in [4.69, 9.17) is 10.5 Å². The van der Waals surface area contributed by atoms with Crippen LogP contribution in [0.5, 0.6) is 5.75 Å². The van der Waals surface area contributed by atoms with Gasteiger partial charge in [0.05, 0.1) is 13.2 Å². The van der Waals surface area contributed by atoms with Crippen molar-refractivity contribution in [2.45, 2.75) is 39.7 Å². The van der Waals surface area contributed by atoms with E-state index in [9.17, 15) is 4.79 Å². The number of carbonyl (C=O) groups is 1. The van der Waals surface area contributed by atoms with Gasteiger partial charge < -0.3 is 15.4 Å². The lowest BCUT2D eigenvalue weighted by Crippen LogP contribution is -2.51. The Balaban J connectivity index is 2.31. The number of hydrogen-bond acceptors (Lipinski definition) is 3. The number of methoxy groups -OCH3 is 1. The van der Waals surface area contributed by atoms with E-state index in [0.29, 0.717) is 0 Å². The summed E-state index contributed by atoms with van der Waals surface area (Å²) in [4.78, 5) is 14.5. The molecule has 0 aliphatic carbocycles. The molecule has 0 saturated heterocycles. The lowest BCUT2D eigenvalue weighted by molar-refractivity contribution is -0.122. The van der Waals surface area contributed by atoms with Crippen molar-refractivity contribution in [2.75, 3.05) is 18.6 Å². The van der Waals surface area contributed by atoms with Gasteiger partial charge in [-0.15, -0.1) is 0 Å². The molecule has 1 amide bonds. The van der Waals surface area contributed by atoms with Gasteiger partial charge >= 0.3 is 0 Å². The molecule has 1 aliphatic heterocycles. The molecule has 1 aromatic carbocycles. The zero-order chi connectivity index (χ0) is 14.9. The molecule has 0 aromatic heterocycles. The maximum atomic E-state index is 12.6. The average Bonchev–Trinajstić information content (AvgIpc) is 2.43. The minimum atomic E-state index is -0.490. The number of hydrogen-bond donors (Lipinski definition) is 1. The number of benzene rings is 1. The molecule has 2 rings (SSSR count). The number of aryl methyl sites for hydroxylation is 1. The van der Waals surface area contributed by atoms with Crippen molar-refractivity contribution in [2.24, 2.45) is 11.1 Å². The van der Waals surface area contributed by atoms with Gasteiger partial charge in [-0.1, -0.05) is 20.8 Å². The van der Waals surface area contributed by atoms with Crippen molar-refractivity contribution < 1.29 is 9.53 Å². The zero-order valence-corrected chi connectivity index (χ0v) is 12.8. The lowest BCUT2D eigenvalue weighted by Gasteiger charge is -2.35. The fourth-order valence-electron chi connectivity index (χ4n) is 2.47. The van der Waals surface area contributed by atoms with Crippen molar-refractivity contribution in [3.63, 3.8) is 0 Å². The molecule has 4 nitrogen and oxygen atoms in total. The van der Waals surface area contributed by atoms with Crippen LogP contribution in [0.25, 0.3) is 0 Å². The lowest BCUT2D eigenvalue weighted by atomic mass is 9.86. The van der Waals surface area contributed by atoms with Gasteiger partial charge in [-0.3, -0.25) is 4.79 Å². The van der Waals surface area contributed by atoms with Crippen LogP contribution in [0.3, 0.4) is 0 Å². The topological polar surface area (TPSA) is 55.6 Å². The standard InChI is InChI=1S/C16H24N2O2/c1-16(2,3)14(17)15(19)18-9-5-6-11-10-12(20-4)7-8-13(11)18/h7-8,10,14H,5-6,9,17H2,1-4H3. The van der Waals surface area contributed by atoms with Crippen molar-refractivity contribution in [1.29, 1.82) is 0 Å². The largest absolute Gasteiger partial charge is 0.497 e. The van der Waals surface area contributed by atoms with E-state index in [1.807, 2.05) is 43.9 Å². The van der Waals surface area contributed by atoms with Crippen molar-refractivity contribution in [3.8, 4) is 5.75 Å². The third-order valence-electron chi connectivity index (χ3n) is 3.87. The Bertz CT molecular complexity index is 506. The third-order valence-corrected chi connectivity index (χ3v) is 3.87. The van der Waals surface area contributed by atoms with Crippen LogP contribution in [0.1, 0.15) is 32.8 Å². The van der Waals surface area contributed by atoms with E-state index in [2.05, 4.69) is 0 Å². The summed E-state index contributed by atoms with van der Waals surface area (Å²) in [6.45, 7) is 6.72. The highest BCUT2D eigenvalue weighted by molar-refractivity contribution is 5.98. The Morgan fingerprint density at radius 1 is 1.40 bits per heavy atom. The molecular weight excluding hydrogens is 252 g/mol. The quantitative estimate of drug-likeness (QED) is 0.902. The normalized spacial score (nSPS) is 16.6. The first-order valence-corrected chi connectivity index (χ1v) is 7.08. The second-order valence-electron chi connectivity index (χ2n) is 6.43. The van der Waals surface area contributed by atoms with Gasteiger partial charge in [0.2, 0.25) is 5.91 Å². The predicted molar refractivity (Wildman–Crippen MR) is 81.1 cm³/mol. The summed E-state index contributed by atoms with van der Waals surface area (Å²) in [5.41, 5.74) is 8.02. The fourth-order valence-corrected chi connectivity index (χ4v) is 2.47. The van der Waals surface area contributed by atoms with Gasteiger partial charge in [0.1, 0.15) is 5.75 Å². The van der Waals surface area contributed by atoms with Crippen LogP contribution in [0, 0.1) is 5.41 Å². The van der Waals surface area contributed by atoms with E-state index in [1.165, 1.54) is 0 Å².